The van der Waals surface area contributed by atoms with Gasteiger partial charge in [0.05, 0.1) is 0 Å². The highest BCUT2D eigenvalue weighted by Crippen LogP contribution is 2.17. The monoisotopic (exact) mass is 202 g/mol. The molecule has 3 nitrogen and oxygen atoms in total. The van der Waals surface area contributed by atoms with Gasteiger partial charge in [-0.3, -0.25) is 9.78 Å². The minimum atomic E-state index is -0.529. The van der Waals surface area contributed by atoms with E-state index in [1.807, 2.05) is 0 Å². The van der Waals surface area contributed by atoms with E-state index < -0.39 is 5.95 Å². The first-order chi connectivity index (χ1) is 7.29. The maximum atomic E-state index is 12.6. The first kappa shape index (κ1) is 9.45. The zero-order valence-electron chi connectivity index (χ0n) is 7.72. The lowest BCUT2D eigenvalue weighted by Gasteiger charge is -2.00. The van der Waals surface area contributed by atoms with E-state index in [0.717, 1.165) is 11.1 Å². The molecule has 2 rings (SSSR count). The zero-order chi connectivity index (χ0) is 10.7. The number of halogens is 1. The lowest BCUT2D eigenvalue weighted by molar-refractivity contribution is 0.112. The molecule has 74 valence electrons. The van der Waals surface area contributed by atoms with Gasteiger partial charge in [-0.2, -0.15) is 4.39 Å². The van der Waals surface area contributed by atoms with Crippen LogP contribution in [0.5, 0.6) is 0 Å². The first-order valence-electron chi connectivity index (χ1n) is 4.32. The van der Waals surface area contributed by atoms with Crippen LogP contribution >= 0.6 is 0 Å². The summed E-state index contributed by atoms with van der Waals surface area (Å²) >= 11 is 0. The van der Waals surface area contributed by atoms with Gasteiger partial charge < -0.3 is 0 Å². The molecule has 0 aliphatic carbocycles. The summed E-state index contributed by atoms with van der Waals surface area (Å²) in [5.74, 6) is -0.529. The van der Waals surface area contributed by atoms with Crippen molar-refractivity contribution in [1.29, 1.82) is 0 Å². The summed E-state index contributed by atoms with van der Waals surface area (Å²) < 4.78 is 12.6. The molecule has 0 amide bonds. The van der Waals surface area contributed by atoms with Gasteiger partial charge in [-0.1, -0.05) is 0 Å². The Morgan fingerprint density at radius 1 is 1.13 bits per heavy atom. The van der Waals surface area contributed by atoms with Gasteiger partial charge in [-0.25, -0.2) is 4.98 Å². The Balaban J connectivity index is 2.44. The number of nitrogens with zero attached hydrogens (tertiary/aromatic N) is 2. The van der Waals surface area contributed by atoms with Crippen molar-refractivity contribution in [3.8, 4) is 11.1 Å². The Bertz CT molecular complexity index is 482. The highest BCUT2D eigenvalue weighted by atomic mass is 19.1. The minimum Gasteiger partial charge on any atom is -0.298 e. The van der Waals surface area contributed by atoms with Gasteiger partial charge in [0.15, 0.2) is 6.29 Å². The maximum Gasteiger partial charge on any atom is 0.212 e. The molecule has 0 unspecified atom stereocenters. The lowest BCUT2D eigenvalue weighted by atomic mass is 10.1. The predicted octanol–water partition coefficient (Wildman–Crippen LogP) is 2.10. The van der Waals surface area contributed by atoms with Gasteiger partial charge in [-0.15, -0.1) is 0 Å². The third-order valence-electron chi connectivity index (χ3n) is 1.96. The fourth-order valence-electron chi connectivity index (χ4n) is 1.23. The van der Waals surface area contributed by atoms with E-state index in [1.54, 1.807) is 18.3 Å². The van der Waals surface area contributed by atoms with Gasteiger partial charge in [-0.05, 0) is 18.2 Å². The van der Waals surface area contributed by atoms with Crippen molar-refractivity contribution >= 4 is 6.29 Å². The highest BCUT2D eigenvalue weighted by molar-refractivity contribution is 5.77. The van der Waals surface area contributed by atoms with Gasteiger partial charge in [0, 0.05) is 35.3 Å². The molecule has 0 saturated carbocycles. The van der Waals surface area contributed by atoms with Crippen molar-refractivity contribution in [3.63, 3.8) is 0 Å². The molecule has 0 atom stereocenters. The van der Waals surface area contributed by atoms with E-state index in [0.29, 0.717) is 11.8 Å². The van der Waals surface area contributed by atoms with E-state index in [-0.39, 0.29) is 0 Å². The van der Waals surface area contributed by atoms with E-state index in [4.69, 9.17) is 0 Å². The number of rotatable bonds is 2. The molecule has 15 heavy (non-hydrogen) atoms. The summed E-state index contributed by atoms with van der Waals surface area (Å²) in [6.45, 7) is 0. The summed E-state index contributed by atoms with van der Waals surface area (Å²) in [7, 11) is 0. The lowest BCUT2D eigenvalue weighted by Crippen LogP contribution is -1.87. The van der Waals surface area contributed by atoms with Crippen molar-refractivity contribution in [2.45, 2.75) is 0 Å². The van der Waals surface area contributed by atoms with Gasteiger partial charge in [0.25, 0.3) is 0 Å². The normalized spacial score (nSPS) is 9.93. The van der Waals surface area contributed by atoms with Crippen molar-refractivity contribution in [1.82, 2.24) is 9.97 Å². The minimum absolute atomic E-state index is 0.483. The third kappa shape index (κ3) is 2.04. The van der Waals surface area contributed by atoms with Crippen molar-refractivity contribution in [2.75, 3.05) is 0 Å². The Morgan fingerprint density at radius 2 is 2.00 bits per heavy atom. The number of pyridine rings is 2. The number of carbonyl (C=O) groups is 1. The van der Waals surface area contributed by atoms with Crippen LogP contribution in [-0.2, 0) is 0 Å². The van der Waals surface area contributed by atoms with Crippen LogP contribution in [0.3, 0.4) is 0 Å². The molecule has 0 aliphatic rings. The van der Waals surface area contributed by atoms with Crippen molar-refractivity contribution in [3.05, 3.63) is 48.3 Å². The molecule has 0 aliphatic heterocycles. The quantitative estimate of drug-likeness (QED) is 0.553. The fourth-order valence-corrected chi connectivity index (χ4v) is 1.23. The van der Waals surface area contributed by atoms with Crippen LogP contribution in [0.1, 0.15) is 10.4 Å². The molecule has 0 fully saturated rings. The van der Waals surface area contributed by atoms with Crippen molar-refractivity contribution in [2.24, 2.45) is 0 Å². The van der Waals surface area contributed by atoms with Crippen LogP contribution in [0.4, 0.5) is 4.39 Å². The standard InChI is InChI=1S/C11H7FN2O/c12-11-2-1-9(6-14-11)10-3-8(7-15)4-13-5-10/h1-7H. The smallest absolute Gasteiger partial charge is 0.212 e. The molecular formula is C11H7FN2O. The summed E-state index contributed by atoms with van der Waals surface area (Å²) in [4.78, 5) is 18.0. The number of carbonyl (C=O) groups excluding carboxylic acids is 1. The van der Waals surface area contributed by atoms with E-state index >= 15 is 0 Å². The van der Waals surface area contributed by atoms with Crippen LogP contribution in [0.2, 0.25) is 0 Å². The Morgan fingerprint density at radius 3 is 2.67 bits per heavy atom. The Kier molecular flexibility index (Phi) is 2.49. The summed E-state index contributed by atoms with van der Waals surface area (Å²) in [5, 5.41) is 0. The second-order valence-corrected chi connectivity index (χ2v) is 2.99. The Hall–Kier alpha value is -2.10. The van der Waals surface area contributed by atoms with Gasteiger partial charge in [0.2, 0.25) is 5.95 Å². The molecule has 0 aromatic carbocycles. The van der Waals surface area contributed by atoms with Crippen molar-refractivity contribution < 1.29 is 9.18 Å². The largest absolute Gasteiger partial charge is 0.298 e. The molecule has 0 spiro atoms. The highest BCUT2D eigenvalue weighted by Gasteiger charge is 2.00. The van der Waals surface area contributed by atoms with Crippen LogP contribution < -0.4 is 0 Å². The van der Waals surface area contributed by atoms with E-state index in [9.17, 15) is 9.18 Å². The number of aromatic nitrogens is 2. The average Bonchev–Trinajstić information content (AvgIpc) is 2.30. The first-order valence-corrected chi connectivity index (χ1v) is 4.32. The van der Waals surface area contributed by atoms with Crippen LogP contribution in [-0.4, -0.2) is 16.3 Å². The molecule has 0 radical (unpaired) electrons. The van der Waals surface area contributed by atoms with Crippen LogP contribution in [0.15, 0.2) is 36.8 Å². The average molecular weight is 202 g/mol. The molecule has 0 N–H and O–H groups in total. The maximum absolute atomic E-state index is 12.6. The summed E-state index contributed by atoms with van der Waals surface area (Å²) in [5.41, 5.74) is 1.96. The fraction of sp³-hybridized carbons (Fsp3) is 0. The third-order valence-corrected chi connectivity index (χ3v) is 1.96. The van der Waals surface area contributed by atoms with E-state index in [2.05, 4.69) is 9.97 Å². The van der Waals surface area contributed by atoms with Gasteiger partial charge in [0.1, 0.15) is 0 Å². The molecular weight excluding hydrogens is 195 g/mol. The van der Waals surface area contributed by atoms with Crippen LogP contribution in [0, 0.1) is 5.95 Å². The summed E-state index contributed by atoms with van der Waals surface area (Å²) in [6, 6.07) is 4.53. The number of aldehydes is 1. The van der Waals surface area contributed by atoms with E-state index in [1.165, 1.54) is 18.5 Å². The molecule has 2 aromatic heterocycles. The molecule has 0 saturated heterocycles. The molecule has 4 heteroatoms. The summed E-state index contributed by atoms with van der Waals surface area (Å²) in [6.07, 6.45) is 5.18. The number of hydrogen-bond donors (Lipinski definition) is 0. The van der Waals surface area contributed by atoms with Gasteiger partial charge >= 0.3 is 0 Å². The zero-order valence-corrected chi connectivity index (χ0v) is 7.72. The predicted molar refractivity (Wildman–Crippen MR) is 52.8 cm³/mol. The number of hydrogen-bond acceptors (Lipinski definition) is 3. The topological polar surface area (TPSA) is 42.9 Å². The molecule has 0 bridgehead atoms. The molecule has 2 aromatic rings. The van der Waals surface area contributed by atoms with Crippen LogP contribution in [0.25, 0.3) is 11.1 Å². The second-order valence-electron chi connectivity index (χ2n) is 2.99. The Labute approximate surface area is 85.6 Å². The SMILES string of the molecule is O=Cc1cncc(-c2ccc(F)nc2)c1. The molecule has 2 heterocycles. The second kappa shape index (κ2) is 3.96.